The van der Waals surface area contributed by atoms with Crippen molar-refractivity contribution in [1.29, 1.82) is 0 Å². The lowest BCUT2D eigenvalue weighted by Crippen LogP contribution is -2.16. The maximum Gasteiger partial charge on any atom is 0.165 e. The molecule has 106 valence electrons. The number of para-hydroxylation sites is 1. The molecule has 0 saturated heterocycles. The van der Waals surface area contributed by atoms with Gasteiger partial charge in [0.2, 0.25) is 0 Å². The quantitative estimate of drug-likeness (QED) is 0.784. The van der Waals surface area contributed by atoms with E-state index in [1.165, 1.54) is 11.6 Å². The first-order valence-electron chi connectivity index (χ1n) is 6.90. The minimum absolute atomic E-state index is 0.254. The molecule has 0 heterocycles. The topological polar surface area (TPSA) is 32.3 Å². The highest BCUT2D eigenvalue weighted by molar-refractivity contribution is 5.33. The normalized spacial score (nSPS) is 12.3. The number of phenolic OH excluding ortho intramolecular Hbond substituents is 1. The number of phenols is 1. The van der Waals surface area contributed by atoms with Crippen LogP contribution in [0, 0.1) is 5.82 Å². The van der Waals surface area contributed by atoms with Crippen molar-refractivity contribution in [2.45, 2.75) is 25.8 Å². The number of halogens is 1. The molecule has 0 radical (unpaired) electrons. The molecule has 0 fully saturated rings. The second-order valence-corrected chi connectivity index (χ2v) is 5.02. The van der Waals surface area contributed by atoms with Crippen LogP contribution in [0.4, 0.5) is 4.39 Å². The van der Waals surface area contributed by atoms with Gasteiger partial charge in [0, 0.05) is 12.1 Å². The van der Waals surface area contributed by atoms with Crippen molar-refractivity contribution in [2.24, 2.45) is 0 Å². The molecule has 2 aromatic carbocycles. The van der Waals surface area contributed by atoms with Crippen molar-refractivity contribution in [1.82, 2.24) is 5.32 Å². The summed E-state index contributed by atoms with van der Waals surface area (Å²) in [4.78, 5) is 0. The van der Waals surface area contributed by atoms with Gasteiger partial charge in [0.05, 0.1) is 0 Å². The zero-order chi connectivity index (χ0) is 14.4. The van der Waals surface area contributed by atoms with E-state index in [1.54, 1.807) is 12.1 Å². The number of aromatic hydroxyl groups is 1. The number of nitrogens with one attached hydrogen (secondary N) is 1. The highest BCUT2D eigenvalue weighted by Crippen LogP contribution is 2.21. The fourth-order valence-corrected chi connectivity index (χ4v) is 2.19. The van der Waals surface area contributed by atoms with Crippen LogP contribution in [0.2, 0.25) is 0 Å². The van der Waals surface area contributed by atoms with Gasteiger partial charge in [-0.15, -0.1) is 0 Å². The highest BCUT2D eigenvalue weighted by atomic mass is 19.1. The zero-order valence-electron chi connectivity index (χ0n) is 11.6. The summed E-state index contributed by atoms with van der Waals surface area (Å²) in [6.45, 7) is 3.49. The molecule has 0 aliphatic heterocycles. The highest BCUT2D eigenvalue weighted by Gasteiger charge is 2.07. The van der Waals surface area contributed by atoms with Crippen LogP contribution in [-0.4, -0.2) is 11.7 Å². The van der Waals surface area contributed by atoms with E-state index >= 15 is 0 Å². The van der Waals surface area contributed by atoms with Crippen molar-refractivity contribution < 1.29 is 9.50 Å². The second-order valence-electron chi connectivity index (χ2n) is 5.02. The van der Waals surface area contributed by atoms with Gasteiger partial charge < -0.3 is 10.4 Å². The van der Waals surface area contributed by atoms with E-state index in [-0.39, 0.29) is 5.75 Å². The van der Waals surface area contributed by atoms with Crippen LogP contribution in [0.15, 0.2) is 48.5 Å². The lowest BCUT2D eigenvalue weighted by Gasteiger charge is -2.13. The Morgan fingerprint density at radius 2 is 1.85 bits per heavy atom. The Bertz CT molecular complexity index is 542. The van der Waals surface area contributed by atoms with Gasteiger partial charge in [-0.25, -0.2) is 4.39 Å². The Hall–Kier alpha value is -1.87. The van der Waals surface area contributed by atoms with E-state index in [4.69, 9.17) is 0 Å². The minimum atomic E-state index is -0.568. The number of benzene rings is 2. The molecular formula is C17H20FNO. The smallest absolute Gasteiger partial charge is 0.165 e. The molecule has 20 heavy (non-hydrogen) atoms. The van der Waals surface area contributed by atoms with Gasteiger partial charge >= 0.3 is 0 Å². The molecule has 0 aromatic heterocycles. The predicted octanol–water partition coefficient (Wildman–Crippen LogP) is 3.81. The molecule has 0 spiro atoms. The van der Waals surface area contributed by atoms with Crippen LogP contribution in [0.1, 0.15) is 30.4 Å². The first-order chi connectivity index (χ1) is 9.68. The van der Waals surface area contributed by atoms with Crippen molar-refractivity contribution in [3.05, 3.63) is 65.5 Å². The lowest BCUT2D eigenvalue weighted by atomic mass is 9.98. The third-order valence-electron chi connectivity index (χ3n) is 3.51. The Labute approximate surface area is 119 Å². The summed E-state index contributed by atoms with van der Waals surface area (Å²) in [5.74, 6) is -0.345. The van der Waals surface area contributed by atoms with Gasteiger partial charge in [0.15, 0.2) is 11.6 Å². The lowest BCUT2D eigenvalue weighted by molar-refractivity contribution is 0.422. The Morgan fingerprint density at radius 1 is 1.10 bits per heavy atom. The molecule has 2 aromatic rings. The summed E-state index contributed by atoms with van der Waals surface area (Å²) in [6.07, 6.45) is 1.00. The van der Waals surface area contributed by atoms with E-state index in [9.17, 15) is 9.50 Å². The molecule has 2 N–H and O–H groups in total. The van der Waals surface area contributed by atoms with Gasteiger partial charge in [-0.2, -0.15) is 0 Å². The first-order valence-corrected chi connectivity index (χ1v) is 6.90. The van der Waals surface area contributed by atoms with Gasteiger partial charge in [0.1, 0.15) is 0 Å². The second kappa shape index (κ2) is 7.06. The Kier molecular flexibility index (Phi) is 5.13. The van der Waals surface area contributed by atoms with Crippen LogP contribution in [0.25, 0.3) is 0 Å². The van der Waals surface area contributed by atoms with Crippen molar-refractivity contribution in [3.63, 3.8) is 0 Å². The molecule has 0 bridgehead atoms. The van der Waals surface area contributed by atoms with Crippen molar-refractivity contribution in [2.75, 3.05) is 6.54 Å². The van der Waals surface area contributed by atoms with E-state index in [2.05, 4.69) is 24.4 Å². The van der Waals surface area contributed by atoms with E-state index in [0.717, 1.165) is 13.0 Å². The van der Waals surface area contributed by atoms with Crippen molar-refractivity contribution >= 4 is 0 Å². The van der Waals surface area contributed by atoms with E-state index < -0.39 is 5.82 Å². The molecule has 3 heteroatoms. The molecule has 0 aliphatic rings. The predicted molar refractivity (Wildman–Crippen MR) is 79.2 cm³/mol. The van der Waals surface area contributed by atoms with Gasteiger partial charge in [0.25, 0.3) is 0 Å². The molecule has 0 saturated carbocycles. The Morgan fingerprint density at radius 3 is 2.60 bits per heavy atom. The summed E-state index contributed by atoms with van der Waals surface area (Å²) in [5.41, 5.74) is 1.92. The van der Waals surface area contributed by atoms with Crippen LogP contribution in [0.3, 0.4) is 0 Å². The molecule has 1 atom stereocenters. The monoisotopic (exact) mass is 273 g/mol. The standard InChI is InChI=1S/C17H20FNO/c1-13(14-6-3-2-4-7-14)10-11-19-12-15-8-5-9-16(18)17(15)20/h2-9,13,19-20H,10-12H2,1H3. The average Bonchev–Trinajstić information content (AvgIpc) is 2.48. The summed E-state index contributed by atoms with van der Waals surface area (Å²) in [6, 6.07) is 15.0. The fraction of sp³-hybridized carbons (Fsp3) is 0.294. The number of hydrogen-bond donors (Lipinski definition) is 2. The van der Waals surface area contributed by atoms with E-state index in [0.29, 0.717) is 18.0 Å². The van der Waals surface area contributed by atoms with E-state index in [1.807, 2.05) is 18.2 Å². The third kappa shape index (κ3) is 3.81. The van der Waals surface area contributed by atoms with Crippen LogP contribution >= 0.6 is 0 Å². The molecule has 2 rings (SSSR count). The summed E-state index contributed by atoms with van der Waals surface area (Å²) < 4.78 is 13.2. The van der Waals surface area contributed by atoms with Crippen LogP contribution < -0.4 is 5.32 Å². The van der Waals surface area contributed by atoms with Crippen molar-refractivity contribution in [3.8, 4) is 5.75 Å². The number of rotatable bonds is 6. The largest absolute Gasteiger partial charge is 0.505 e. The minimum Gasteiger partial charge on any atom is -0.505 e. The summed E-state index contributed by atoms with van der Waals surface area (Å²) in [5, 5.41) is 12.8. The average molecular weight is 273 g/mol. The maximum atomic E-state index is 13.2. The molecule has 0 aliphatic carbocycles. The van der Waals surface area contributed by atoms with Crippen LogP contribution in [-0.2, 0) is 6.54 Å². The Balaban J connectivity index is 1.78. The zero-order valence-corrected chi connectivity index (χ0v) is 11.6. The van der Waals surface area contributed by atoms with Gasteiger partial charge in [-0.1, -0.05) is 49.4 Å². The molecule has 2 nitrogen and oxygen atoms in total. The molecule has 0 amide bonds. The third-order valence-corrected chi connectivity index (χ3v) is 3.51. The van der Waals surface area contributed by atoms with Gasteiger partial charge in [-0.3, -0.25) is 0 Å². The molecular weight excluding hydrogens is 253 g/mol. The van der Waals surface area contributed by atoms with Crippen LogP contribution in [0.5, 0.6) is 5.75 Å². The molecule has 1 unspecified atom stereocenters. The summed E-state index contributed by atoms with van der Waals surface area (Å²) >= 11 is 0. The fourth-order valence-electron chi connectivity index (χ4n) is 2.19. The van der Waals surface area contributed by atoms with Gasteiger partial charge in [-0.05, 0) is 30.5 Å². The SMILES string of the molecule is CC(CCNCc1cccc(F)c1O)c1ccccc1. The summed E-state index contributed by atoms with van der Waals surface area (Å²) in [7, 11) is 0. The first kappa shape index (κ1) is 14.5. The maximum absolute atomic E-state index is 13.2. The number of hydrogen-bond acceptors (Lipinski definition) is 2.